The molecule has 0 saturated carbocycles. The Kier molecular flexibility index (Phi) is 8.27. The van der Waals surface area contributed by atoms with Crippen LogP contribution in [0.4, 0.5) is 0 Å². The number of benzene rings is 2. The molecule has 0 aliphatic heterocycles. The van der Waals surface area contributed by atoms with Crippen LogP contribution in [0.15, 0.2) is 54.1 Å². The molecule has 0 unspecified atom stereocenters. The van der Waals surface area contributed by atoms with E-state index in [-0.39, 0.29) is 24.5 Å². The number of rotatable bonds is 9. The average molecular weight is 395 g/mol. The van der Waals surface area contributed by atoms with E-state index in [4.69, 9.17) is 24.2 Å². The van der Waals surface area contributed by atoms with E-state index in [2.05, 4.69) is 0 Å². The highest BCUT2D eigenvalue weighted by molar-refractivity contribution is 5.97. The van der Waals surface area contributed by atoms with E-state index in [1.807, 2.05) is 6.92 Å². The smallest absolute Gasteiger partial charge is 0.349 e. The van der Waals surface area contributed by atoms with Crippen molar-refractivity contribution in [2.75, 3.05) is 19.8 Å². The molecule has 2 aromatic carbocycles. The Morgan fingerprint density at radius 3 is 2.38 bits per heavy atom. The fourth-order valence-electron chi connectivity index (χ4n) is 2.32. The molecule has 150 valence electrons. The van der Waals surface area contributed by atoms with Crippen molar-refractivity contribution in [2.45, 2.75) is 13.8 Å². The average Bonchev–Trinajstić information content (AvgIpc) is 2.72. The summed E-state index contributed by atoms with van der Waals surface area (Å²) >= 11 is 0. The summed E-state index contributed by atoms with van der Waals surface area (Å²) in [5, 5.41) is 9.11. The number of nitrogens with zero attached hydrogens (tertiary/aromatic N) is 1. The molecule has 0 atom stereocenters. The second kappa shape index (κ2) is 11.1. The summed E-state index contributed by atoms with van der Waals surface area (Å²) in [5.41, 5.74) is 0.369. The Hall–Kier alpha value is -3.79. The Morgan fingerprint density at radius 2 is 1.72 bits per heavy atom. The van der Waals surface area contributed by atoms with Crippen LogP contribution in [0.5, 0.6) is 17.2 Å². The van der Waals surface area contributed by atoms with Gasteiger partial charge in [0.25, 0.3) is 0 Å². The third-order valence-corrected chi connectivity index (χ3v) is 3.51. The number of esters is 2. The largest absolute Gasteiger partial charge is 0.490 e. The van der Waals surface area contributed by atoms with Gasteiger partial charge in [-0.05, 0) is 49.8 Å². The third-order valence-electron chi connectivity index (χ3n) is 3.51. The molecule has 7 heteroatoms. The zero-order valence-corrected chi connectivity index (χ0v) is 16.2. The van der Waals surface area contributed by atoms with Gasteiger partial charge in [0.2, 0.25) is 0 Å². The van der Waals surface area contributed by atoms with Gasteiger partial charge < -0.3 is 18.9 Å². The predicted octanol–water partition coefficient (Wildman–Crippen LogP) is 3.54. The molecular weight excluding hydrogens is 374 g/mol. The topological polar surface area (TPSA) is 94.9 Å². The molecule has 0 saturated heterocycles. The summed E-state index contributed by atoms with van der Waals surface area (Å²) in [6, 6.07) is 15.2. The van der Waals surface area contributed by atoms with Crippen molar-refractivity contribution in [3.05, 3.63) is 59.7 Å². The van der Waals surface area contributed by atoms with E-state index in [0.717, 1.165) is 0 Å². The summed E-state index contributed by atoms with van der Waals surface area (Å²) in [7, 11) is 0. The molecule has 0 aliphatic rings. The van der Waals surface area contributed by atoms with E-state index >= 15 is 0 Å². The van der Waals surface area contributed by atoms with Gasteiger partial charge in [-0.25, -0.2) is 9.59 Å². The fraction of sp³-hybridized carbons (Fsp3) is 0.227. The van der Waals surface area contributed by atoms with Gasteiger partial charge in [-0.3, -0.25) is 0 Å². The van der Waals surface area contributed by atoms with Crippen molar-refractivity contribution >= 4 is 18.0 Å². The molecule has 0 amide bonds. The van der Waals surface area contributed by atoms with Crippen molar-refractivity contribution in [2.24, 2.45) is 0 Å². The molecule has 2 rings (SSSR count). The second-order valence-electron chi connectivity index (χ2n) is 5.61. The Labute approximate surface area is 169 Å². The lowest BCUT2D eigenvalue weighted by Gasteiger charge is -2.11. The minimum atomic E-state index is -0.709. The SMILES string of the molecule is CCOC(=O)/C(C#N)=C/c1cccc(OC(=O)COc2ccccc2OCC)c1. The van der Waals surface area contributed by atoms with Crippen LogP contribution in [0, 0.1) is 11.3 Å². The van der Waals surface area contributed by atoms with Gasteiger partial charge >= 0.3 is 11.9 Å². The number of hydrogen-bond donors (Lipinski definition) is 0. The maximum absolute atomic E-state index is 12.1. The Balaban J connectivity index is 2.02. The molecule has 0 aliphatic carbocycles. The van der Waals surface area contributed by atoms with Crippen LogP contribution in [-0.4, -0.2) is 31.8 Å². The lowest BCUT2D eigenvalue weighted by atomic mass is 10.1. The van der Waals surface area contributed by atoms with Crippen LogP contribution in [0.1, 0.15) is 19.4 Å². The summed E-state index contributed by atoms with van der Waals surface area (Å²) in [6.07, 6.45) is 1.37. The van der Waals surface area contributed by atoms with E-state index in [1.54, 1.807) is 55.5 Å². The molecule has 0 fully saturated rings. The van der Waals surface area contributed by atoms with Gasteiger partial charge in [0.1, 0.15) is 17.4 Å². The number of carbonyl (C=O) groups is 2. The van der Waals surface area contributed by atoms with Crippen LogP contribution in [0.3, 0.4) is 0 Å². The first kappa shape index (κ1) is 21.5. The monoisotopic (exact) mass is 395 g/mol. The number of ether oxygens (including phenoxy) is 4. The molecule has 7 nitrogen and oxygen atoms in total. The summed E-state index contributed by atoms with van der Waals surface area (Å²) < 4.78 is 21.0. The standard InChI is InChI=1S/C22H21NO6/c1-3-26-19-10-5-6-11-20(19)28-15-21(24)29-18-9-7-8-16(13-18)12-17(14-23)22(25)27-4-2/h5-13H,3-4,15H2,1-2H3/b17-12+. The summed E-state index contributed by atoms with van der Waals surface area (Å²) in [4.78, 5) is 23.8. The normalized spacial score (nSPS) is 10.6. The first-order valence-electron chi connectivity index (χ1n) is 9.01. The zero-order chi connectivity index (χ0) is 21.1. The van der Waals surface area contributed by atoms with Crippen LogP contribution in [-0.2, 0) is 14.3 Å². The van der Waals surface area contributed by atoms with E-state index in [0.29, 0.717) is 23.7 Å². The number of nitriles is 1. The number of carbonyl (C=O) groups excluding carboxylic acids is 2. The number of hydrogen-bond acceptors (Lipinski definition) is 7. The Morgan fingerprint density at radius 1 is 1.00 bits per heavy atom. The highest BCUT2D eigenvalue weighted by Gasteiger charge is 2.12. The van der Waals surface area contributed by atoms with Crippen molar-refractivity contribution in [3.8, 4) is 23.3 Å². The molecule has 0 aromatic heterocycles. The summed E-state index contributed by atoms with van der Waals surface area (Å²) in [5.74, 6) is -0.0808. The second-order valence-corrected chi connectivity index (χ2v) is 5.61. The lowest BCUT2D eigenvalue weighted by molar-refractivity contribution is -0.138. The molecule has 0 radical (unpaired) electrons. The quantitative estimate of drug-likeness (QED) is 0.277. The zero-order valence-electron chi connectivity index (χ0n) is 16.2. The molecular formula is C22H21NO6. The first-order valence-corrected chi connectivity index (χ1v) is 9.01. The van der Waals surface area contributed by atoms with Crippen LogP contribution in [0.25, 0.3) is 6.08 Å². The Bertz CT molecular complexity index is 929. The molecule has 0 N–H and O–H groups in total. The molecule has 2 aromatic rings. The van der Waals surface area contributed by atoms with E-state index in [1.165, 1.54) is 12.1 Å². The van der Waals surface area contributed by atoms with Gasteiger partial charge in [-0.1, -0.05) is 24.3 Å². The minimum absolute atomic E-state index is 0.147. The third kappa shape index (κ3) is 6.70. The maximum atomic E-state index is 12.1. The summed E-state index contributed by atoms with van der Waals surface area (Å²) in [6.45, 7) is 3.84. The van der Waals surface area contributed by atoms with Crippen molar-refractivity contribution < 1.29 is 28.5 Å². The van der Waals surface area contributed by atoms with E-state index < -0.39 is 11.9 Å². The van der Waals surface area contributed by atoms with Crippen LogP contribution >= 0.6 is 0 Å². The molecule has 0 spiro atoms. The van der Waals surface area contributed by atoms with Gasteiger partial charge in [-0.15, -0.1) is 0 Å². The maximum Gasteiger partial charge on any atom is 0.349 e. The van der Waals surface area contributed by atoms with Gasteiger partial charge in [-0.2, -0.15) is 5.26 Å². The van der Waals surface area contributed by atoms with Crippen molar-refractivity contribution in [1.82, 2.24) is 0 Å². The van der Waals surface area contributed by atoms with Gasteiger partial charge in [0.15, 0.2) is 18.1 Å². The minimum Gasteiger partial charge on any atom is -0.490 e. The molecule has 0 bridgehead atoms. The number of para-hydroxylation sites is 2. The molecule has 0 heterocycles. The first-order chi connectivity index (χ1) is 14.1. The fourth-order valence-corrected chi connectivity index (χ4v) is 2.32. The lowest BCUT2D eigenvalue weighted by Crippen LogP contribution is -2.18. The van der Waals surface area contributed by atoms with Crippen LogP contribution in [0.2, 0.25) is 0 Å². The highest BCUT2D eigenvalue weighted by Crippen LogP contribution is 2.26. The van der Waals surface area contributed by atoms with Gasteiger partial charge in [0, 0.05) is 0 Å². The van der Waals surface area contributed by atoms with Crippen molar-refractivity contribution in [1.29, 1.82) is 5.26 Å². The van der Waals surface area contributed by atoms with E-state index in [9.17, 15) is 9.59 Å². The molecule has 29 heavy (non-hydrogen) atoms. The highest BCUT2D eigenvalue weighted by atomic mass is 16.6. The van der Waals surface area contributed by atoms with Crippen LogP contribution < -0.4 is 14.2 Å². The predicted molar refractivity (Wildman–Crippen MR) is 105 cm³/mol. The van der Waals surface area contributed by atoms with Crippen molar-refractivity contribution in [3.63, 3.8) is 0 Å². The van der Waals surface area contributed by atoms with Gasteiger partial charge in [0.05, 0.1) is 13.2 Å².